The number of nitrogens with one attached hydrogen (secondary N) is 1. The summed E-state index contributed by atoms with van der Waals surface area (Å²) in [6.07, 6.45) is 0. The lowest BCUT2D eigenvalue weighted by molar-refractivity contribution is -0.115. The van der Waals surface area contributed by atoms with Crippen LogP contribution in [0, 0.1) is 20.8 Å². The molecular weight excluding hydrogens is 340 g/mol. The van der Waals surface area contributed by atoms with Crippen molar-refractivity contribution in [1.29, 1.82) is 0 Å². The van der Waals surface area contributed by atoms with Crippen LogP contribution in [-0.4, -0.2) is 26.3 Å². The molecule has 24 heavy (non-hydrogen) atoms. The molecule has 124 valence electrons. The Bertz CT molecular complexity index is 907. The zero-order valence-electron chi connectivity index (χ0n) is 14.0. The monoisotopic (exact) mass is 358 g/mol. The molecule has 0 aliphatic heterocycles. The van der Waals surface area contributed by atoms with Crippen LogP contribution >= 0.6 is 23.1 Å². The van der Waals surface area contributed by atoms with Crippen LogP contribution in [0.3, 0.4) is 0 Å². The van der Waals surface area contributed by atoms with Gasteiger partial charge in [0.25, 0.3) is 0 Å². The number of rotatable bonds is 4. The Morgan fingerprint density at radius 2 is 2.00 bits per heavy atom. The van der Waals surface area contributed by atoms with E-state index in [1.165, 1.54) is 28.7 Å². The van der Waals surface area contributed by atoms with Crippen LogP contribution in [0.15, 0.2) is 29.3 Å². The molecule has 0 fully saturated rings. The third kappa shape index (κ3) is 3.57. The summed E-state index contributed by atoms with van der Waals surface area (Å²) in [5.74, 6) is -0.0968. The topological polar surface area (TPSA) is 67.8 Å². The smallest absolute Gasteiger partial charge is 0.239 e. The summed E-state index contributed by atoms with van der Waals surface area (Å²) in [6, 6.07) is 8.20. The van der Waals surface area contributed by atoms with Crippen molar-refractivity contribution < 1.29 is 4.79 Å². The first-order valence-corrected chi connectivity index (χ1v) is 9.28. The average Bonchev–Trinajstić information content (AvgIpc) is 2.93. The molecular formula is C17H18N4OS2. The highest BCUT2D eigenvalue weighted by Gasteiger charge is 2.17. The Morgan fingerprint density at radius 3 is 2.71 bits per heavy atom. The molecule has 1 N–H and O–H groups in total. The van der Waals surface area contributed by atoms with Gasteiger partial charge in [0.1, 0.15) is 5.01 Å². The van der Waals surface area contributed by atoms with Crippen LogP contribution in [0.25, 0.3) is 10.9 Å². The maximum Gasteiger partial charge on any atom is 0.239 e. The second-order valence-corrected chi connectivity index (χ2v) is 8.17. The van der Waals surface area contributed by atoms with Crippen LogP contribution in [-0.2, 0) is 4.79 Å². The quantitative estimate of drug-likeness (QED) is 0.710. The van der Waals surface area contributed by atoms with E-state index in [1.54, 1.807) is 0 Å². The van der Waals surface area contributed by atoms with Crippen molar-refractivity contribution in [2.75, 3.05) is 5.32 Å². The molecule has 0 bridgehead atoms. The van der Waals surface area contributed by atoms with E-state index in [9.17, 15) is 4.79 Å². The Labute approximate surface area is 148 Å². The van der Waals surface area contributed by atoms with Crippen LogP contribution in [0.5, 0.6) is 0 Å². The summed E-state index contributed by atoms with van der Waals surface area (Å²) in [5, 5.41) is 13.7. The van der Waals surface area contributed by atoms with Gasteiger partial charge in [0.05, 0.1) is 15.8 Å². The second-order valence-electron chi connectivity index (χ2n) is 5.62. The van der Waals surface area contributed by atoms with Gasteiger partial charge < -0.3 is 0 Å². The van der Waals surface area contributed by atoms with Crippen molar-refractivity contribution in [3.8, 4) is 0 Å². The van der Waals surface area contributed by atoms with Gasteiger partial charge in [-0.1, -0.05) is 41.3 Å². The third-order valence-corrected chi connectivity index (χ3v) is 5.42. The number of para-hydroxylation sites is 1. The molecule has 3 aromatic rings. The minimum Gasteiger partial charge on any atom is -0.300 e. The number of fused-ring (bicyclic) bond motifs is 1. The highest BCUT2D eigenvalue weighted by molar-refractivity contribution is 8.00. The lowest BCUT2D eigenvalue weighted by atomic mass is 10.1. The largest absolute Gasteiger partial charge is 0.300 e. The number of aryl methyl sites for hydroxylation is 3. The molecule has 2 heterocycles. The highest BCUT2D eigenvalue weighted by Crippen LogP contribution is 2.28. The average molecular weight is 358 g/mol. The van der Waals surface area contributed by atoms with E-state index in [1.807, 2.05) is 26.0 Å². The van der Waals surface area contributed by atoms with Gasteiger partial charge in [-0.25, -0.2) is 4.98 Å². The molecule has 0 spiro atoms. The van der Waals surface area contributed by atoms with Crippen LogP contribution < -0.4 is 5.32 Å². The van der Waals surface area contributed by atoms with Gasteiger partial charge in [0.15, 0.2) is 0 Å². The number of pyridine rings is 1. The number of benzene rings is 1. The maximum absolute atomic E-state index is 12.3. The number of hydrogen-bond donors (Lipinski definition) is 1. The maximum atomic E-state index is 12.3. The number of aromatic nitrogens is 3. The molecule has 0 saturated heterocycles. The van der Waals surface area contributed by atoms with Crippen molar-refractivity contribution in [3.63, 3.8) is 0 Å². The number of carbonyl (C=O) groups excluding carboxylic acids is 1. The standard InChI is InChI=1S/C17H18N4OS2/c1-9-6-5-7-13-10(2)8-14(18-15(9)13)23-11(3)16(22)19-17-21-20-12(4)24-17/h5-8,11H,1-4H3,(H,19,21,22)/t11-/m0/s1. The molecule has 0 aliphatic carbocycles. The lowest BCUT2D eigenvalue weighted by Gasteiger charge is -2.12. The number of nitrogens with zero attached hydrogens (tertiary/aromatic N) is 3. The van der Waals surface area contributed by atoms with Crippen molar-refractivity contribution in [2.45, 2.75) is 38.0 Å². The summed E-state index contributed by atoms with van der Waals surface area (Å²) >= 11 is 2.82. The van der Waals surface area contributed by atoms with Crippen molar-refractivity contribution in [2.24, 2.45) is 0 Å². The van der Waals surface area contributed by atoms with E-state index < -0.39 is 0 Å². The highest BCUT2D eigenvalue weighted by atomic mass is 32.2. The molecule has 7 heteroatoms. The summed E-state index contributed by atoms with van der Waals surface area (Å²) in [7, 11) is 0. The minimum absolute atomic E-state index is 0.0968. The fourth-order valence-electron chi connectivity index (χ4n) is 2.38. The van der Waals surface area contributed by atoms with E-state index >= 15 is 0 Å². The molecule has 0 aliphatic rings. The lowest BCUT2D eigenvalue weighted by Crippen LogP contribution is -2.22. The first-order valence-electron chi connectivity index (χ1n) is 7.58. The Balaban J connectivity index is 1.78. The molecule has 0 saturated carbocycles. The van der Waals surface area contributed by atoms with Crippen molar-refractivity contribution >= 4 is 45.0 Å². The predicted octanol–water partition coefficient (Wildman–Crippen LogP) is 4.13. The zero-order valence-corrected chi connectivity index (χ0v) is 15.6. The Hall–Kier alpha value is -1.99. The van der Waals surface area contributed by atoms with E-state index in [0.717, 1.165) is 26.5 Å². The first kappa shape index (κ1) is 16.9. The van der Waals surface area contributed by atoms with Gasteiger partial charge in [0, 0.05) is 5.39 Å². The minimum atomic E-state index is -0.275. The number of anilines is 1. The predicted molar refractivity (Wildman–Crippen MR) is 99.8 cm³/mol. The van der Waals surface area contributed by atoms with Crippen molar-refractivity contribution in [1.82, 2.24) is 15.2 Å². The molecule has 0 unspecified atom stereocenters. The fraction of sp³-hybridized carbons (Fsp3) is 0.294. The molecule has 5 nitrogen and oxygen atoms in total. The normalized spacial score (nSPS) is 12.3. The fourth-order valence-corrected chi connectivity index (χ4v) is 3.89. The summed E-state index contributed by atoms with van der Waals surface area (Å²) < 4.78 is 0. The van der Waals surface area contributed by atoms with Gasteiger partial charge in [0.2, 0.25) is 11.0 Å². The Morgan fingerprint density at radius 1 is 1.21 bits per heavy atom. The second kappa shape index (κ2) is 6.86. The van der Waals surface area contributed by atoms with Gasteiger partial charge in [-0.2, -0.15) is 0 Å². The summed E-state index contributed by atoms with van der Waals surface area (Å²) in [6.45, 7) is 7.85. The van der Waals surface area contributed by atoms with E-state index in [4.69, 9.17) is 4.98 Å². The van der Waals surface area contributed by atoms with Crippen molar-refractivity contribution in [3.05, 3.63) is 40.4 Å². The van der Waals surface area contributed by atoms with Crippen LogP contribution in [0.2, 0.25) is 0 Å². The van der Waals surface area contributed by atoms with Gasteiger partial charge in [-0.15, -0.1) is 10.2 Å². The van der Waals surface area contributed by atoms with E-state index in [0.29, 0.717) is 5.13 Å². The van der Waals surface area contributed by atoms with Gasteiger partial charge in [-0.05, 0) is 44.9 Å². The number of hydrogen-bond acceptors (Lipinski definition) is 6. The van der Waals surface area contributed by atoms with Crippen LogP contribution in [0.1, 0.15) is 23.1 Å². The first-order chi connectivity index (χ1) is 11.4. The third-order valence-electron chi connectivity index (χ3n) is 3.65. The SMILES string of the molecule is Cc1nnc(NC(=O)[C@H](C)Sc2cc(C)c3cccc(C)c3n2)s1. The van der Waals surface area contributed by atoms with Gasteiger partial charge >= 0.3 is 0 Å². The molecule has 2 aromatic heterocycles. The van der Waals surface area contributed by atoms with E-state index in [2.05, 4.69) is 41.5 Å². The van der Waals surface area contributed by atoms with E-state index in [-0.39, 0.29) is 11.2 Å². The molecule has 0 radical (unpaired) electrons. The molecule has 1 amide bonds. The number of carbonyl (C=O) groups is 1. The zero-order chi connectivity index (χ0) is 17.3. The summed E-state index contributed by atoms with van der Waals surface area (Å²) in [4.78, 5) is 17.0. The van der Waals surface area contributed by atoms with Crippen LogP contribution in [0.4, 0.5) is 5.13 Å². The van der Waals surface area contributed by atoms with Gasteiger partial charge in [-0.3, -0.25) is 10.1 Å². The Kier molecular flexibility index (Phi) is 4.82. The number of thioether (sulfide) groups is 1. The molecule has 3 rings (SSSR count). The molecule has 1 aromatic carbocycles. The number of amides is 1. The summed E-state index contributed by atoms with van der Waals surface area (Å²) in [5.41, 5.74) is 3.30. The molecule has 1 atom stereocenters.